The number of anilines is 2. The van der Waals surface area contributed by atoms with Crippen molar-refractivity contribution in [2.75, 3.05) is 30.5 Å². The molecule has 11 heteroatoms. The average Bonchev–Trinajstić information content (AvgIpc) is 2.76. The molecule has 1 aromatic carbocycles. The van der Waals surface area contributed by atoms with E-state index in [1.165, 1.54) is 19.4 Å². The second kappa shape index (κ2) is 9.72. The van der Waals surface area contributed by atoms with Crippen molar-refractivity contribution in [1.29, 1.82) is 5.26 Å². The Morgan fingerprint density at radius 2 is 2.03 bits per heavy atom. The number of pyridine rings is 1. The van der Waals surface area contributed by atoms with Crippen molar-refractivity contribution < 1.29 is 27.1 Å². The summed E-state index contributed by atoms with van der Waals surface area (Å²) in [7, 11) is 1.43. The lowest BCUT2D eigenvalue weighted by atomic mass is 9.88. The summed E-state index contributed by atoms with van der Waals surface area (Å²) in [6, 6.07) is 8.44. The van der Waals surface area contributed by atoms with Crippen LogP contribution in [0.4, 0.5) is 29.1 Å². The number of piperidine rings is 1. The van der Waals surface area contributed by atoms with Crippen molar-refractivity contribution in [3.8, 4) is 11.8 Å². The normalized spacial score (nSPS) is 14.6. The standard InChI is InChI=1S/C21H21F4N5O2/c1-32-19-14(3-2-4-16(19)22)13-6-9-30(10-7-13)17-5-8-27-20(15(17)12-26)29-28-18(31)11-21(23,24)25/h2-5,8,13H,6-7,9-11H2,1H3,(H,27,29)(H,28,31). The van der Waals surface area contributed by atoms with E-state index in [1.807, 2.05) is 22.5 Å². The molecule has 2 heterocycles. The number of ether oxygens (including phenoxy) is 1. The first-order valence-corrected chi connectivity index (χ1v) is 9.81. The summed E-state index contributed by atoms with van der Waals surface area (Å²) >= 11 is 0. The van der Waals surface area contributed by atoms with E-state index in [2.05, 4.69) is 10.4 Å². The predicted octanol–water partition coefficient (Wildman–Crippen LogP) is 3.88. The lowest BCUT2D eigenvalue weighted by molar-refractivity contribution is -0.153. The van der Waals surface area contributed by atoms with Crippen LogP contribution in [0, 0.1) is 17.1 Å². The van der Waals surface area contributed by atoms with E-state index in [-0.39, 0.29) is 23.0 Å². The average molecular weight is 451 g/mol. The Bertz CT molecular complexity index is 1010. The highest BCUT2D eigenvalue weighted by molar-refractivity contribution is 5.79. The Morgan fingerprint density at radius 1 is 1.31 bits per heavy atom. The van der Waals surface area contributed by atoms with Crippen LogP contribution in [0.2, 0.25) is 0 Å². The molecule has 170 valence electrons. The van der Waals surface area contributed by atoms with E-state index in [0.717, 1.165) is 5.56 Å². The van der Waals surface area contributed by atoms with Crippen LogP contribution >= 0.6 is 0 Å². The molecule has 0 aliphatic carbocycles. The number of nitriles is 1. The molecule has 0 atom stereocenters. The van der Waals surface area contributed by atoms with E-state index >= 15 is 0 Å². The zero-order valence-corrected chi connectivity index (χ0v) is 17.2. The number of alkyl halides is 3. The van der Waals surface area contributed by atoms with Gasteiger partial charge in [-0.3, -0.25) is 15.6 Å². The Balaban J connectivity index is 1.71. The van der Waals surface area contributed by atoms with E-state index in [1.54, 1.807) is 12.1 Å². The van der Waals surface area contributed by atoms with Gasteiger partial charge in [0.05, 0.1) is 12.8 Å². The zero-order chi connectivity index (χ0) is 23.3. The van der Waals surface area contributed by atoms with Crippen LogP contribution in [-0.4, -0.2) is 37.3 Å². The first kappa shape index (κ1) is 23.1. The predicted molar refractivity (Wildman–Crippen MR) is 109 cm³/mol. The first-order chi connectivity index (χ1) is 15.2. The van der Waals surface area contributed by atoms with Crippen molar-refractivity contribution >= 4 is 17.4 Å². The van der Waals surface area contributed by atoms with Crippen molar-refractivity contribution in [1.82, 2.24) is 10.4 Å². The van der Waals surface area contributed by atoms with Gasteiger partial charge in [0.1, 0.15) is 18.1 Å². The number of hydrogen-bond donors (Lipinski definition) is 2. The van der Waals surface area contributed by atoms with E-state index in [0.29, 0.717) is 31.6 Å². The van der Waals surface area contributed by atoms with Crippen LogP contribution in [0.1, 0.15) is 36.3 Å². The number of nitrogens with one attached hydrogen (secondary N) is 2. The van der Waals surface area contributed by atoms with Crippen LogP contribution in [-0.2, 0) is 4.79 Å². The van der Waals surface area contributed by atoms with Gasteiger partial charge in [-0.25, -0.2) is 9.37 Å². The topological polar surface area (TPSA) is 90.3 Å². The fourth-order valence-corrected chi connectivity index (χ4v) is 3.77. The lowest BCUT2D eigenvalue weighted by Crippen LogP contribution is -2.35. The summed E-state index contributed by atoms with van der Waals surface area (Å²) in [5.74, 6) is -1.46. The van der Waals surface area contributed by atoms with Crippen molar-refractivity contribution in [2.24, 2.45) is 0 Å². The Labute approximate surface area is 182 Å². The second-order valence-corrected chi connectivity index (χ2v) is 7.25. The molecule has 32 heavy (non-hydrogen) atoms. The van der Waals surface area contributed by atoms with E-state index < -0.39 is 24.3 Å². The molecule has 3 rings (SSSR count). The number of aromatic nitrogens is 1. The summed E-state index contributed by atoms with van der Waals surface area (Å²) in [5.41, 5.74) is 5.65. The number of benzene rings is 1. The van der Waals surface area contributed by atoms with Crippen LogP contribution in [0.15, 0.2) is 30.5 Å². The number of hydrazine groups is 1. The number of para-hydroxylation sites is 1. The molecule has 2 aromatic rings. The number of halogens is 4. The summed E-state index contributed by atoms with van der Waals surface area (Å²) in [6.45, 7) is 1.12. The third-order valence-electron chi connectivity index (χ3n) is 5.20. The highest BCUT2D eigenvalue weighted by Crippen LogP contribution is 2.37. The molecular formula is C21H21F4N5O2. The third kappa shape index (κ3) is 5.38. The van der Waals surface area contributed by atoms with Gasteiger partial charge in [-0.1, -0.05) is 12.1 Å². The first-order valence-electron chi connectivity index (χ1n) is 9.81. The monoisotopic (exact) mass is 451 g/mol. The molecule has 0 unspecified atom stereocenters. The van der Waals surface area contributed by atoms with Crippen LogP contribution in [0.25, 0.3) is 0 Å². The van der Waals surface area contributed by atoms with Gasteiger partial charge in [0.15, 0.2) is 17.4 Å². The van der Waals surface area contributed by atoms with Crippen LogP contribution < -0.4 is 20.5 Å². The summed E-state index contributed by atoms with van der Waals surface area (Å²) in [5, 5.41) is 9.60. The van der Waals surface area contributed by atoms with Gasteiger partial charge < -0.3 is 9.64 Å². The van der Waals surface area contributed by atoms with Crippen LogP contribution in [0.5, 0.6) is 5.75 Å². The SMILES string of the molecule is COc1c(F)cccc1C1CCN(c2ccnc(NNC(=O)CC(F)(F)F)c2C#N)CC1. The molecule has 1 aromatic heterocycles. The number of rotatable bonds is 6. The molecule has 1 amide bonds. The molecule has 0 spiro atoms. The summed E-state index contributed by atoms with van der Waals surface area (Å²) in [6.07, 6.45) is -3.54. The van der Waals surface area contributed by atoms with Gasteiger partial charge in [0.2, 0.25) is 5.91 Å². The molecular weight excluding hydrogens is 430 g/mol. The number of nitrogens with zero attached hydrogens (tertiary/aromatic N) is 3. The van der Waals surface area contributed by atoms with Crippen molar-refractivity contribution in [2.45, 2.75) is 31.4 Å². The van der Waals surface area contributed by atoms with Crippen molar-refractivity contribution in [3.63, 3.8) is 0 Å². The molecule has 1 aliphatic heterocycles. The van der Waals surface area contributed by atoms with Gasteiger partial charge >= 0.3 is 6.18 Å². The highest BCUT2D eigenvalue weighted by Gasteiger charge is 2.31. The van der Waals surface area contributed by atoms with Gasteiger partial charge in [-0.15, -0.1) is 0 Å². The highest BCUT2D eigenvalue weighted by atomic mass is 19.4. The molecule has 0 radical (unpaired) electrons. The summed E-state index contributed by atoms with van der Waals surface area (Å²) in [4.78, 5) is 17.3. The number of carbonyl (C=O) groups is 1. The Morgan fingerprint density at radius 3 is 2.66 bits per heavy atom. The van der Waals surface area contributed by atoms with Crippen molar-refractivity contribution in [3.05, 3.63) is 47.4 Å². The Kier molecular flexibility index (Phi) is 7.02. The Hall–Kier alpha value is -3.55. The third-order valence-corrected chi connectivity index (χ3v) is 5.20. The minimum absolute atomic E-state index is 0.0468. The smallest absolute Gasteiger partial charge is 0.397 e. The number of carbonyl (C=O) groups excluding carboxylic acids is 1. The lowest BCUT2D eigenvalue weighted by Gasteiger charge is -2.34. The van der Waals surface area contributed by atoms with E-state index in [4.69, 9.17) is 4.74 Å². The minimum Gasteiger partial charge on any atom is -0.493 e. The van der Waals surface area contributed by atoms with Gasteiger partial charge in [0.25, 0.3) is 0 Å². The maximum Gasteiger partial charge on any atom is 0.397 e. The number of amides is 1. The summed E-state index contributed by atoms with van der Waals surface area (Å²) < 4.78 is 56.2. The fourth-order valence-electron chi connectivity index (χ4n) is 3.77. The van der Waals surface area contributed by atoms with E-state index in [9.17, 15) is 27.6 Å². The second-order valence-electron chi connectivity index (χ2n) is 7.25. The fraction of sp³-hybridized carbons (Fsp3) is 0.381. The molecule has 1 saturated heterocycles. The molecule has 0 saturated carbocycles. The number of hydrogen-bond acceptors (Lipinski definition) is 6. The number of methoxy groups -OCH3 is 1. The quantitative estimate of drug-likeness (QED) is 0.512. The van der Waals surface area contributed by atoms with Gasteiger partial charge in [0, 0.05) is 24.8 Å². The molecule has 2 N–H and O–H groups in total. The molecule has 1 aliphatic rings. The van der Waals surface area contributed by atoms with Gasteiger partial charge in [-0.2, -0.15) is 18.4 Å². The minimum atomic E-state index is -4.65. The molecule has 0 bridgehead atoms. The molecule has 1 fully saturated rings. The molecule has 7 nitrogen and oxygen atoms in total. The largest absolute Gasteiger partial charge is 0.493 e. The maximum absolute atomic E-state index is 14.0. The maximum atomic E-state index is 14.0. The van der Waals surface area contributed by atoms with Crippen LogP contribution in [0.3, 0.4) is 0 Å². The van der Waals surface area contributed by atoms with Gasteiger partial charge in [-0.05, 0) is 30.9 Å². The zero-order valence-electron chi connectivity index (χ0n) is 17.2.